The molecule has 2 heterocycles. The summed E-state index contributed by atoms with van der Waals surface area (Å²) in [5, 5.41) is 9.22. The minimum absolute atomic E-state index is 0.0324. The number of rotatable bonds is 10. The molecule has 6 aromatic rings. The summed E-state index contributed by atoms with van der Waals surface area (Å²) in [5.41, 5.74) is 2.92. The highest BCUT2D eigenvalue weighted by atomic mass is 35.5. The van der Waals surface area contributed by atoms with Gasteiger partial charge in [0.15, 0.2) is 12.0 Å². The molecule has 0 saturated heterocycles. The Morgan fingerprint density at radius 3 is 2.49 bits per heavy atom. The van der Waals surface area contributed by atoms with Gasteiger partial charge in [-0.2, -0.15) is 13.2 Å². The summed E-state index contributed by atoms with van der Waals surface area (Å²) >= 11 is 5.92. The molecule has 7 nitrogen and oxygen atoms in total. The fraction of sp³-hybridized carbons (Fsp3) is 0.118. The molecule has 0 radical (unpaired) electrons. The lowest BCUT2D eigenvalue weighted by molar-refractivity contribution is -0.138. The zero-order chi connectivity index (χ0) is 31.6. The number of carbonyl (C=O) groups is 2. The van der Waals surface area contributed by atoms with Gasteiger partial charge in [-0.3, -0.25) is 9.59 Å². The summed E-state index contributed by atoms with van der Waals surface area (Å²) in [4.78, 5) is 24.7. The van der Waals surface area contributed by atoms with Gasteiger partial charge in [-0.1, -0.05) is 47.1 Å². The first-order valence-electron chi connectivity index (χ1n) is 13.7. The number of hydrogen-bond donors (Lipinski definition) is 0. The molecular weight excluding hydrogens is 607 g/mol. The van der Waals surface area contributed by atoms with Crippen LogP contribution in [0, 0.1) is 0 Å². The minimum Gasteiger partial charge on any atom is -0.486 e. The van der Waals surface area contributed by atoms with E-state index in [1.165, 1.54) is 29.1 Å². The lowest BCUT2D eigenvalue weighted by Crippen LogP contribution is -2.12. The van der Waals surface area contributed by atoms with E-state index < -0.39 is 11.7 Å². The highest BCUT2D eigenvalue weighted by Gasteiger charge is 2.33. The number of halogens is 4. The SMILES string of the molecule is O=Cc1cc(Cc2ccc3oc(C(=O)c4ccc(Cl)cc4)cc3c2)ccc1OCc1cn(Cc2ccccc2C(F)(F)F)nn1. The van der Waals surface area contributed by atoms with E-state index in [1.54, 1.807) is 48.5 Å². The first kappa shape index (κ1) is 29.8. The van der Waals surface area contributed by atoms with Crippen LogP contribution in [0.15, 0.2) is 102 Å². The number of furan rings is 1. The second-order valence-electron chi connectivity index (χ2n) is 10.3. The van der Waals surface area contributed by atoms with E-state index in [9.17, 15) is 22.8 Å². The van der Waals surface area contributed by atoms with Gasteiger partial charge in [0.25, 0.3) is 0 Å². The number of alkyl halides is 3. The Balaban J connectivity index is 1.11. The van der Waals surface area contributed by atoms with Crippen molar-refractivity contribution in [2.75, 3.05) is 0 Å². The number of ether oxygens (including phenoxy) is 1. The summed E-state index contributed by atoms with van der Waals surface area (Å²) in [7, 11) is 0. The van der Waals surface area contributed by atoms with Gasteiger partial charge in [0.2, 0.25) is 5.78 Å². The van der Waals surface area contributed by atoms with Crippen LogP contribution < -0.4 is 4.74 Å². The van der Waals surface area contributed by atoms with Crippen LogP contribution in [0.5, 0.6) is 5.75 Å². The molecule has 0 spiro atoms. The third kappa shape index (κ3) is 6.81. The molecule has 45 heavy (non-hydrogen) atoms. The third-order valence-corrected chi connectivity index (χ3v) is 7.39. The van der Waals surface area contributed by atoms with Crippen molar-refractivity contribution in [2.45, 2.75) is 25.7 Å². The van der Waals surface area contributed by atoms with E-state index in [4.69, 9.17) is 20.8 Å². The number of nitrogens with zero attached hydrogens (tertiary/aromatic N) is 3. The highest BCUT2D eigenvalue weighted by molar-refractivity contribution is 6.30. The summed E-state index contributed by atoms with van der Waals surface area (Å²) in [5.74, 6) is 0.312. The van der Waals surface area contributed by atoms with Gasteiger partial charge in [-0.25, -0.2) is 4.68 Å². The maximum absolute atomic E-state index is 13.3. The summed E-state index contributed by atoms with van der Waals surface area (Å²) in [6, 6.07) is 24.5. The van der Waals surface area contributed by atoms with Crippen LogP contribution in [0.4, 0.5) is 13.2 Å². The fourth-order valence-corrected chi connectivity index (χ4v) is 5.09. The van der Waals surface area contributed by atoms with E-state index in [0.717, 1.165) is 22.6 Å². The number of carbonyl (C=O) groups excluding carboxylic acids is 2. The van der Waals surface area contributed by atoms with Crippen molar-refractivity contribution in [3.05, 3.63) is 147 Å². The van der Waals surface area contributed by atoms with Crippen LogP contribution in [0.3, 0.4) is 0 Å². The summed E-state index contributed by atoms with van der Waals surface area (Å²) in [6.45, 7) is -0.142. The highest BCUT2D eigenvalue weighted by Crippen LogP contribution is 2.32. The number of hydrogen-bond acceptors (Lipinski definition) is 6. The Bertz CT molecular complexity index is 2020. The fourth-order valence-electron chi connectivity index (χ4n) is 4.97. The van der Waals surface area contributed by atoms with Gasteiger partial charge in [0.05, 0.1) is 23.9 Å². The van der Waals surface area contributed by atoms with Crippen molar-refractivity contribution in [1.82, 2.24) is 15.0 Å². The quantitative estimate of drug-likeness (QED) is 0.113. The topological polar surface area (TPSA) is 87.2 Å². The van der Waals surface area contributed by atoms with Crippen LogP contribution in [0.25, 0.3) is 11.0 Å². The molecule has 0 aliphatic heterocycles. The van der Waals surface area contributed by atoms with Crippen LogP contribution in [-0.4, -0.2) is 27.1 Å². The molecule has 0 saturated carbocycles. The van der Waals surface area contributed by atoms with E-state index in [1.807, 2.05) is 18.2 Å². The maximum Gasteiger partial charge on any atom is 0.416 e. The van der Waals surface area contributed by atoms with E-state index in [-0.39, 0.29) is 30.3 Å². The van der Waals surface area contributed by atoms with Crippen LogP contribution in [0.1, 0.15) is 54.4 Å². The zero-order valence-electron chi connectivity index (χ0n) is 23.4. The normalized spacial score (nSPS) is 11.6. The van der Waals surface area contributed by atoms with Crippen molar-refractivity contribution in [2.24, 2.45) is 0 Å². The molecule has 0 aliphatic carbocycles. The molecule has 11 heteroatoms. The molecule has 0 amide bonds. The van der Waals surface area contributed by atoms with Crippen molar-refractivity contribution < 1.29 is 31.9 Å². The van der Waals surface area contributed by atoms with E-state index in [0.29, 0.717) is 45.9 Å². The Kier molecular flexibility index (Phi) is 8.23. The molecule has 0 fully saturated rings. The third-order valence-electron chi connectivity index (χ3n) is 7.14. The van der Waals surface area contributed by atoms with Gasteiger partial charge < -0.3 is 9.15 Å². The van der Waals surface area contributed by atoms with E-state index in [2.05, 4.69) is 10.3 Å². The number of aromatic nitrogens is 3. The predicted molar refractivity (Wildman–Crippen MR) is 161 cm³/mol. The minimum atomic E-state index is -4.48. The molecular formula is C34H23ClF3N3O4. The molecule has 0 aliphatic rings. The number of benzene rings is 4. The Labute approximate surface area is 259 Å². The monoisotopic (exact) mass is 629 g/mol. The number of ketones is 1. The number of fused-ring (bicyclic) bond motifs is 1. The van der Waals surface area contributed by atoms with Gasteiger partial charge in [-0.05, 0) is 83.8 Å². The lowest BCUT2D eigenvalue weighted by atomic mass is 10.0. The zero-order valence-corrected chi connectivity index (χ0v) is 24.2. The molecule has 0 N–H and O–H groups in total. The van der Waals surface area contributed by atoms with Gasteiger partial charge >= 0.3 is 6.18 Å². The average Bonchev–Trinajstić information content (AvgIpc) is 3.66. The molecule has 0 bridgehead atoms. The molecule has 2 aromatic heterocycles. The second kappa shape index (κ2) is 12.4. The smallest absolute Gasteiger partial charge is 0.416 e. The van der Waals surface area contributed by atoms with Gasteiger partial charge in [0, 0.05) is 16.0 Å². The largest absolute Gasteiger partial charge is 0.486 e. The predicted octanol–water partition coefficient (Wildman–Crippen LogP) is 7.96. The first-order valence-corrected chi connectivity index (χ1v) is 14.1. The van der Waals surface area contributed by atoms with Crippen LogP contribution in [0.2, 0.25) is 5.02 Å². The van der Waals surface area contributed by atoms with Crippen molar-refractivity contribution >= 4 is 34.6 Å². The van der Waals surface area contributed by atoms with Crippen LogP contribution in [-0.2, 0) is 25.7 Å². The Morgan fingerprint density at radius 2 is 1.71 bits per heavy atom. The van der Waals surface area contributed by atoms with Crippen molar-refractivity contribution in [3.8, 4) is 5.75 Å². The molecule has 226 valence electrons. The van der Waals surface area contributed by atoms with Crippen molar-refractivity contribution in [1.29, 1.82) is 0 Å². The summed E-state index contributed by atoms with van der Waals surface area (Å²) < 4.78 is 52.9. The summed E-state index contributed by atoms with van der Waals surface area (Å²) in [6.07, 6.45) is -1.77. The Hall–Kier alpha value is -5.22. The van der Waals surface area contributed by atoms with Gasteiger partial charge in [0.1, 0.15) is 23.6 Å². The molecule has 0 unspecified atom stereocenters. The Morgan fingerprint density at radius 1 is 0.956 bits per heavy atom. The number of aldehydes is 1. The maximum atomic E-state index is 13.3. The van der Waals surface area contributed by atoms with Gasteiger partial charge in [-0.15, -0.1) is 5.10 Å². The second-order valence-corrected chi connectivity index (χ2v) is 10.8. The van der Waals surface area contributed by atoms with Crippen molar-refractivity contribution in [3.63, 3.8) is 0 Å². The van der Waals surface area contributed by atoms with E-state index >= 15 is 0 Å². The lowest BCUT2D eigenvalue weighted by Gasteiger charge is -2.12. The molecule has 4 aromatic carbocycles. The average molecular weight is 630 g/mol. The van der Waals surface area contributed by atoms with Crippen LogP contribution >= 0.6 is 11.6 Å². The standard InChI is InChI=1S/C34H23ClF3N3O4/c35-27-9-7-23(8-10-27)33(43)32-16-25-14-21(6-12-31(25)45-32)13-22-5-11-30(26(15-22)19-42)44-20-28-18-41(40-39-28)17-24-3-1-2-4-29(24)34(36,37)38/h1-12,14-16,18-19H,13,17,20H2. The first-order chi connectivity index (χ1) is 21.7. The molecule has 6 rings (SSSR count). The molecule has 0 atom stereocenters.